The second-order valence-corrected chi connectivity index (χ2v) is 5.60. The minimum absolute atomic E-state index is 0.0493. The van der Waals surface area contributed by atoms with Crippen molar-refractivity contribution in [3.8, 4) is 0 Å². The number of primary amides is 1. The lowest BCUT2D eigenvalue weighted by molar-refractivity contribution is -0.757. The van der Waals surface area contributed by atoms with Gasteiger partial charge in [0.25, 0.3) is 17.7 Å². The van der Waals surface area contributed by atoms with Crippen LogP contribution in [0.25, 0.3) is 0 Å². The van der Waals surface area contributed by atoms with Gasteiger partial charge in [0.15, 0.2) is 12.4 Å². The normalized spacial score (nSPS) is 11.0. The number of nitrogens with one attached hydrogen (secondary N) is 2. The minimum Gasteiger partial charge on any atom is -0.464 e. The van der Waals surface area contributed by atoms with Gasteiger partial charge in [-0.05, 0) is 13.0 Å². The number of alkyl carbamates (subject to hydrolysis) is 1. The Bertz CT molecular complexity index is 786. The van der Waals surface area contributed by atoms with Gasteiger partial charge < -0.3 is 30.7 Å². The van der Waals surface area contributed by atoms with Crippen molar-refractivity contribution in [1.82, 2.24) is 10.6 Å². The summed E-state index contributed by atoms with van der Waals surface area (Å²) in [6.45, 7) is 0.911. The quantitative estimate of drug-likeness (QED) is 0.116. The van der Waals surface area contributed by atoms with Crippen LogP contribution in [0.1, 0.15) is 23.7 Å². The predicted molar refractivity (Wildman–Crippen MR) is 95.8 cm³/mol. The van der Waals surface area contributed by atoms with E-state index in [4.69, 9.17) is 15.2 Å². The summed E-state index contributed by atoms with van der Waals surface area (Å²) < 4.78 is 11.1. The second kappa shape index (κ2) is 12.5. The SMILES string of the molecule is CCOC(=O)[C@H](CC(N)=O)NC(=O)OC[n+]1cccc(C(=O)NCCO[N+](=O)[O-])c1. The van der Waals surface area contributed by atoms with Crippen molar-refractivity contribution in [1.29, 1.82) is 0 Å². The molecule has 14 heteroatoms. The molecule has 1 rings (SSSR count). The molecule has 0 unspecified atom stereocenters. The van der Waals surface area contributed by atoms with Crippen molar-refractivity contribution in [2.24, 2.45) is 5.73 Å². The van der Waals surface area contributed by atoms with Crippen LogP contribution in [0.3, 0.4) is 0 Å². The van der Waals surface area contributed by atoms with Gasteiger partial charge in [0, 0.05) is 12.6 Å². The van der Waals surface area contributed by atoms with E-state index < -0.39 is 41.4 Å². The first-order valence-corrected chi connectivity index (χ1v) is 8.65. The van der Waals surface area contributed by atoms with Gasteiger partial charge in [-0.3, -0.25) is 9.59 Å². The third-order valence-electron chi connectivity index (χ3n) is 3.32. The van der Waals surface area contributed by atoms with Crippen molar-refractivity contribution in [3.63, 3.8) is 0 Å². The molecule has 0 bridgehead atoms. The number of aromatic nitrogens is 1. The molecule has 0 radical (unpaired) electrons. The summed E-state index contributed by atoms with van der Waals surface area (Å²) >= 11 is 0. The van der Waals surface area contributed by atoms with Crippen LogP contribution in [-0.2, 0) is 30.6 Å². The number of pyridine rings is 1. The zero-order valence-electron chi connectivity index (χ0n) is 16.1. The van der Waals surface area contributed by atoms with Crippen molar-refractivity contribution in [3.05, 3.63) is 40.2 Å². The fourth-order valence-electron chi connectivity index (χ4n) is 2.08. The predicted octanol–water partition coefficient (Wildman–Crippen LogP) is -1.60. The number of hydrogen-bond acceptors (Lipinski definition) is 9. The fourth-order valence-corrected chi connectivity index (χ4v) is 2.08. The Kier molecular flexibility index (Phi) is 10.0. The van der Waals surface area contributed by atoms with Gasteiger partial charge in [-0.25, -0.2) is 9.59 Å². The average Bonchev–Trinajstić information content (AvgIpc) is 2.69. The highest BCUT2D eigenvalue weighted by molar-refractivity contribution is 5.93. The number of carbonyl (C=O) groups is 4. The molecular formula is C16H22N5O9+. The van der Waals surface area contributed by atoms with Crippen molar-refractivity contribution in [2.75, 3.05) is 19.8 Å². The number of nitrogens with zero attached hydrogens (tertiary/aromatic N) is 2. The monoisotopic (exact) mass is 428 g/mol. The molecule has 164 valence electrons. The Hall–Kier alpha value is -3.97. The Balaban J connectivity index is 2.58. The highest BCUT2D eigenvalue weighted by Crippen LogP contribution is 1.98. The van der Waals surface area contributed by atoms with E-state index in [1.165, 1.54) is 29.1 Å². The lowest BCUT2D eigenvalue weighted by Crippen LogP contribution is -2.46. The molecule has 1 aromatic rings. The maximum atomic E-state index is 12.0. The molecule has 3 amide bonds. The maximum absolute atomic E-state index is 12.0. The van der Waals surface area contributed by atoms with E-state index in [0.717, 1.165) is 0 Å². The first kappa shape index (κ1) is 24.1. The zero-order chi connectivity index (χ0) is 22.5. The van der Waals surface area contributed by atoms with Gasteiger partial charge in [-0.15, -0.1) is 10.1 Å². The standard InChI is InChI=1S/C16H21N5O9/c1-2-28-15(24)12(8-13(17)22)19-16(25)29-10-20-6-3-4-11(9-20)14(23)18-5-7-30-21(26)27/h3-4,6,9,12H,2,5,7-8,10H2,1H3,(H3-,17,18,19,22,23,25)/p+1/t12-/m0/s1. The topological polar surface area (TPSA) is 193 Å². The van der Waals surface area contributed by atoms with E-state index in [0.29, 0.717) is 0 Å². The molecule has 0 spiro atoms. The third kappa shape index (κ3) is 9.29. The Morgan fingerprint density at radius 2 is 2.03 bits per heavy atom. The first-order chi connectivity index (χ1) is 14.2. The van der Waals surface area contributed by atoms with E-state index in [9.17, 15) is 29.3 Å². The molecule has 30 heavy (non-hydrogen) atoms. The maximum Gasteiger partial charge on any atom is 0.412 e. The van der Waals surface area contributed by atoms with E-state index in [1.807, 2.05) is 0 Å². The van der Waals surface area contributed by atoms with Crippen LogP contribution in [0.15, 0.2) is 24.5 Å². The molecule has 0 fully saturated rings. The Morgan fingerprint density at radius 3 is 2.67 bits per heavy atom. The van der Waals surface area contributed by atoms with Gasteiger partial charge in [-0.1, -0.05) is 0 Å². The van der Waals surface area contributed by atoms with Crippen LogP contribution >= 0.6 is 0 Å². The van der Waals surface area contributed by atoms with Gasteiger partial charge in [-0.2, -0.15) is 4.57 Å². The number of carbonyl (C=O) groups excluding carboxylic acids is 4. The first-order valence-electron chi connectivity index (χ1n) is 8.65. The molecule has 0 aromatic carbocycles. The fraction of sp³-hybridized carbons (Fsp3) is 0.438. The van der Waals surface area contributed by atoms with Gasteiger partial charge in [0.1, 0.15) is 18.2 Å². The zero-order valence-corrected chi connectivity index (χ0v) is 16.1. The highest BCUT2D eigenvalue weighted by Gasteiger charge is 2.25. The van der Waals surface area contributed by atoms with Crippen LogP contribution in [0.2, 0.25) is 0 Å². The molecule has 0 aliphatic carbocycles. The van der Waals surface area contributed by atoms with Gasteiger partial charge in [0.2, 0.25) is 5.91 Å². The van der Waals surface area contributed by atoms with Crippen molar-refractivity contribution >= 4 is 23.9 Å². The molecule has 1 aromatic heterocycles. The lowest BCUT2D eigenvalue weighted by Gasteiger charge is -2.15. The van der Waals surface area contributed by atoms with Gasteiger partial charge in [0.05, 0.1) is 13.0 Å². The molecule has 1 atom stereocenters. The summed E-state index contributed by atoms with van der Waals surface area (Å²) in [5.74, 6) is -2.17. The van der Waals surface area contributed by atoms with E-state index in [2.05, 4.69) is 15.5 Å². The summed E-state index contributed by atoms with van der Waals surface area (Å²) in [5.41, 5.74) is 5.24. The van der Waals surface area contributed by atoms with Crippen LogP contribution < -0.4 is 20.9 Å². The Morgan fingerprint density at radius 1 is 1.30 bits per heavy atom. The van der Waals surface area contributed by atoms with Crippen LogP contribution in [0.4, 0.5) is 4.79 Å². The highest BCUT2D eigenvalue weighted by atomic mass is 16.9. The smallest absolute Gasteiger partial charge is 0.412 e. The van der Waals surface area contributed by atoms with Crippen molar-refractivity contribution in [2.45, 2.75) is 26.1 Å². The number of esters is 1. The van der Waals surface area contributed by atoms with Crippen LogP contribution in [-0.4, -0.2) is 54.8 Å². The largest absolute Gasteiger partial charge is 0.464 e. The van der Waals surface area contributed by atoms with Crippen LogP contribution in [0, 0.1) is 10.1 Å². The summed E-state index contributed by atoms with van der Waals surface area (Å²) in [5, 5.41) is 13.7. The number of nitrogens with two attached hydrogens (primary N) is 1. The number of ether oxygens (including phenoxy) is 2. The van der Waals surface area contributed by atoms with E-state index in [-0.39, 0.29) is 32.1 Å². The van der Waals surface area contributed by atoms with E-state index in [1.54, 1.807) is 6.92 Å². The molecule has 0 aliphatic heterocycles. The number of amides is 3. The van der Waals surface area contributed by atoms with Gasteiger partial charge >= 0.3 is 12.1 Å². The summed E-state index contributed by atoms with van der Waals surface area (Å²) in [7, 11) is 0. The molecule has 0 saturated heterocycles. The molecule has 0 aliphatic rings. The molecule has 14 nitrogen and oxygen atoms in total. The number of hydrogen-bond donors (Lipinski definition) is 3. The van der Waals surface area contributed by atoms with Crippen LogP contribution in [0.5, 0.6) is 0 Å². The third-order valence-corrected chi connectivity index (χ3v) is 3.32. The average molecular weight is 428 g/mol. The molecular weight excluding hydrogens is 406 g/mol. The number of rotatable bonds is 12. The van der Waals surface area contributed by atoms with Crippen molar-refractivity contribution < 1.29 is 43.1 Å². The molecule has 0 saturated carbocycles. The summed E-state index contributed by atoms with van der Waals surface area (Å²) in [6, 6.07) is 1.70. The summed E-state index contributed by atoms with van der Waals surface area (Å²) in [6.07, 6.45) is 1.40. The minimum atomic E-state index is -1.29. The van der Waals surface area contributed by atoms with E-state index >= 15 is 0 Å². The molecule has 4 N–H and O–H groups in total. The Labute approximate surface area is 170 Å². The molecule has 1 heterocycles. The summed E-state index contributed by atoms with van der Waals surface area (Å²) in [4.78, 5) is 60.8. The second-order valence-electron chi connectivity index (χ2n) is 5.60. The lowest BCUT2D eigenvalue weighted by atomic mass is 10.2.